The molecular formula is C45H80NO11P. The van der Waals surface area contributed by atoms with Crippen molar-refractivity contribution < 1.29 is 52.9 Å². The van der Waals surface area contributed by atoms with Crippen molar-refractivity contribution in [2.24, 2.45) is 17.6 Å². The van der Waals surface area contributed by atoms with Gasteiger partial charge in [0.1, 0.15) is 6.61 Å². The van der Waals surface area contributed by atoms with Gasteiger partial charge in [0.05, 0.1) is 31.5 Å². The van der Waals surface area contributed by atoms with Crippen LogP contribution in [0.3, 0.4) is 0 Å². The lowest BCUT2D eigenvalue weighted by molar-refractivity contribution is -0.161. The summed E-state index contributed by atoms with van der Waals surface area (Å²) in [5.74, 6) is -1.28. The first-order valence-corrected chi connectivity index (χ1v) is 23.9. The topological polar surface area (TPSA) is 195 Å². The summed E-state index contributed by atoms with van der Waals surface area (Å²) >= 11 is 0. The third-order valence-corrected chi connectivity index (χ3v) is 11.3. The molecule has 0 radical (unpaired) electrons. The molecule has 1 aliphatic rings. The average Bonchev–Trinajstić information content (AvgIpc) is 3.47. The second-order valence-electron chi connectivity index (χ2n) is 15.5. The zero-order valence-corrected chi connectivity index (χ0v) is 36.7. The van der Waals surface area contributed by atoms with Gasteiger partial charge in [-0.3, -0.25) is 18.6 Å². The minimum absolute atomic E-state index is 0.0166. The molecule has 1 unspecified atom stereocenters. The highest BCUT2D eigenvalue weighted by Crippen LogP contribution is 2.43. The molecule has 0 aromatic heterocycles. The Hall–Kier alpha value is -2.15. The molecule has 0 amide bonds. The van der Waals surface area contributed by atoms with Crippen LogP contribution < -0.4 is 5.73 Å². The number of carbonyl (C=O) groups is 2. The van der Waals surface area contributed by atoms with Crippen LogP contribution in [-0.2, 0) is 32.7 Å². The van der Waals surface area contributed by atoms with Crippen LogP contribution in [0.1, 0.15) is 162 Å². The predicted octanol–water partition coefficient (Wildman–Crippen LogP) is 9.10. The maximum atomic E-state index is 12.6. The molecule has 0 aromatic carbocycles. The molecule has 0 heterocycles. The molecule has 336 valence electrons. The summed E-state index contributed by atoms with van der Waals surface area (Å²) in [5.41, 5.74) is 5.35. The lowest BCUT2D eigenvalue weighted by Crippen LogP contribution is -2.29. The van der Waals surface area contributed by atoms with Crippen LogP contribution in [0.2, 0.25) is 0 Å². The number of aliphatic hydroxyl groups is 3. The molecule has 0 bridgehead atoms. The van der Waals surface area contributed by atoms with Crippen molar-refractivity contribution in [3.05, 3.63) is 48.6 Å². The van der Waals surface area contributed by atoms with E-state index in [0.29, 0.717) is 25.7 Å². The van der Waals surface area contributed by atoms with Gasteiger partial charge in [0.15, 0.2) is 6.10 Å². The number of carbonyl (C=O) groups excluding carboxylic acids is 2. The Bertz CT molecular complexity index is 1210. The highest BCUT2D eigenvalue weighted by atomic mass is 31.2. The summed E-state index contributed by atoms with van der Waals surface area (Å²) in [6.45, 7) is 3.33. The van der Waals surface area contributed by atoms with Gasteiger partial charge in [-0.25, -0.2) is 4.57 Å². The van der Waals surface area contributed by atoms with E-state index in [9.17, 15) is 34.4 Å². The van der Waals surface area contributed by atoms with Crippen LogP contribution in [-0.4, -0.2) is 82.9 Å². The van der Waals surface area contributed by atoms with E-state index < -0.39 is 50.8 Å². The second-order valence-corrected chi connectivity index (χ2v) is 17.0. The minimum Gasteiger partial charge on any atom is -0.462 e. The monoisotopic (exact) mass is 842 g/mol. The van der Waals surface area contributed by atoms with Gasteiger partial charge < -0.3 is 35.4 Å². The molecule has 1 saturated carbocycles. The Balaban J connectivity index is 2.38. The molecule has 1 fully saturated rings. The zero-order chi connectivity index (χ0) is 42.7. The Labute approximate surface area is 350 Å². The van der Waals surface area contributed by atoms with Crippen molar-refractivity contribution in [1.29, 1.82) is 0 Å². The van der Waals surface area contributed by atoms with E-state index >= 15 is 0 Å². The number of allylic oxidation sites excluding steroid dienone is 6. The fourth-order valence-corrected chi connectivity index (χ4v) is 7.68. The summed E-state index contributed by atoms with van der Waals surface area (Å²) in [5, 5.41) is 31.3. The third-order valence-electron chi connectivity index (χ3n) is 10.3. The number of rotatable bonds is 37. The maximum absolute atomic E-state index is 12.6. The maximum Gasteiger partial charge on any atom is 0.472 e. The summed E-state index contributed by atoms with van der Waals surface area (Å²) in [6, 6.07) is 0. The number of esters is 2. The van der Waals surface area contributed by atoms with Crippen molar-refractivity contribution in [3.8, 4) is 0 Å². The van der Waals surface area contributed by atoms with Crippen molar-refractivity contribution in [2.45, 2.75) is 186 Å². The lowest BCUT2D eigenvalue weighted by atomic mass is 9.88. The van der Waals surface area contributed by atoms with E-state index in [-0.39, 0.29) is 44.4 Å². The summed E-state index contributed by atoms with van der Waals surface area (Å²) in [4.78, 5) is 35.1. The van der Waals surface area contributed by atoms with Crippen LogP contribution in [0.5, 0.6) is 0 Å². The second kappa shape index (κ2) is 35.6. The number of ether oxygens (including phenoxy) is 2. The standard InChI is InChI=1S/C45H80NO11P/c1-3-5-7-8-9-10-11-12-13-14-15-16-17-18-19-20-26-30-45(51)57-39(37-56-58(52,53)55-34-33-46)36-54-44(50)29-25-22-21-24-28-40-41(43(49)35-42(40)48)32-31-38(47)27-23-6-4-2/h9-10,12-13,15-16,31-32,38-43,47-49H,3-8,11,14,17-30,33-37,46H2,1-2H3,(H,52,53)/b10-9-,13-12-,16-15-,32-31+/t38-,39+,40+,41+,42-,43+/m0/s1. The fraction of sp³-hybridized carbons (Fsp3) is 0.778. The molecule has 58 heavy (non-hydrogen) atoms. The Morgan fingerprint density at radius 2 is 1.33 bits per heavy atom. The van der Waals surface area contributed by atoms with Crippen molar-refractivity contribution >= 4 is 19.8 Å². The Kier molecular flexibility index (Phi) is 33.1. The number of nitrogens with two attached hydrogens (primary N) is 1. The molecule has 6 N–H and O–H groups in total. The van der Waals surface area contributed by atoms with Gasteiger partial charge in [-0.1, -0.05) is 127 Å². The van der Waals surface area contributed by atoms with Gasteiger partial charge in [-0.2, -0.15) is 0 Å². The molecule has 1 rings (SSSR count). The van der Waals surface area contributed by atoms with Gasteiger partial charge in [0, 0.05) is 31.7 Å². The minimum atomic E-state index is -4.44. The molecular weight excluding hydrogens is 761 g/mol. The molecule has 0 aliphatic heterocycles. The molecule has 13 heteroatoms. The van der Waals surface area contributed by atoms with Gasteiger partial charge in [0.25, 0.3) is 0 Å². The van der Waals surface area contributed by atoms with E-state index in [4.69, 9.17) is 24.3 Å². The highest BCUT2D eigenvalue weighted by molar-refractivity contribution is 7.47. The number of phosphoric acid groups is 1. The van der Waals surface area contributed by atoms with Crippen LogP contribution >= 0.6 is 7.82 Å². The normalized spacial score (nSPS) is 20.7. The summed E-state index contributed by atoms with van der Waals surface area (Å²) in [7, 11) is -4.44. The number of phosphoric ester groups is 1. The van der Waals surface area contributed by atoms with E-state index in [0.717, 1.165) is 89.9 Å². The summed E-state index contributed by atoms with van der Waals surface area (Å²) < 4.78 is 32.8. The number of aliphatic hydroxyl groups excluding tert-OH is 3. The summed E-state index contributed by atoms with van der Waals surface area (Å²) in [6.07, 6.45) is 33.5. The average molecular weight is 842 g/mol. The fourth-order valence-electron chi connectivity index (χ4n) is 6.91. The first-order valence-electron chi connectivity index (χ1n) is 22.4. The number of unbranched alkanes of at least 4 members (excludes halogenated alkanes) is 12. The van der Waals surface area contributed by atoms with Crippen LogP contribution in [0.25, 0.3) is 0 Å². The largest absolute Gasteiger partial charge is 0.472 e. The van der Waals surface area contributed by atoms with E-state index in [1.54, 1.807) is 6.08 Å². The smallest absolute Gasteiger partial charge is 0.462 e. The van der Waals surface area contributed by atoms with Gasteiger partial charge >= 0.3 is 19.8 Å². The van der Waals surface area contributed by atoms with Crippen LogP contribution in [0.4, 0.5) is 0 Å². The van der Waals surface area contributed by atoms with E-state index in [1.807, 2.05) is 6.08 Å². The molecule has 12 nitrogen and oxygen atoms in total. The zero-order valence-electron chi connectivity index (χ0n) is 35.8. The number of hydrogen-bond donors (Lipinski definition) is 5. The quantitative estimate of drug-likeness (QED) is 0.0173. The third kappa shape index (κ3) is 29.1. The molecule has 0 aromatic rings. The van der Waals surface area contributed by atoms with Crippen molar-refractivity contribution in [3.63, 3.8) is 0 Å². The number of hydrogen-bond acceptors (Lipinski definition) is 11. The molecule has 0 spiro atoms. The van der Waals surface area contributed by atoms with Crippen molar-refractivity contribution in [2.75, 3.05) is 26.4 Å². The van der Waals surface area contributed by atoms with E-state index in [1.165, 1.54) is 19.3 Å². The van der Waals surface area contributed by atoms with Gasteiger partial charge in [-0.15, -0.1) is 0 Å². The molecule has 1 aliphatic carbocycles. The Morgan fingerprint density at radius 1 is 0.741 bits per heavy atom. The molecule has 7 atom stereocenters. The van der Waals surface area contributed by atoms with Gasteiger partial charge in [-0.05, 0) is 70.1 Å². The van der Waals surface area contributed by atoms with Gasteiger partial charge in [0.2, 0.25) is 0 Å². The lowest BCUT2D eigenvalue weighted by Gasteiger charge is -2.21. The Morgan fingerprint density at radius 3 is 1.98 bits per heavy atom. The van der Waals surface area contributed by atoms with Crippen LogP contribution in [0.15, 0.2) is 48.6 Å². The van der Waals surface area contributed by atoms with Crippen LogP contribution in [0, 0.1) is 11.8 Å². The highest BCUT2D eigenvalue weighted by Gasteiger charge is 2.39. The predicted molar refractivity (Wildman–Crippen MR) is 231 cm³/mol. The first-order chi connectivity index (χ1) is 28.0. The molecule has 0 saturated heterocycles. The van der Waals surface area contributed by atoms with E-state index in [2.05, 4.69) is 50.3 Å². The van der Waals surface area contributed by atoms with Crippen molar-refractivity contribution in [1.82, 2.24) is 0 Å². The first kappa shape index (κ1) is 53.9. The SMILES string of the molecule is CCCCC/C=C\C/C=C\C/C=C\CCCCCCC(=O)O[C@H](COC(=O)CCCCCC[C@@H]1[C@@H](/C=C/[C@@H](O)CCCCC)[C@H](O)C[C@@H]1O)COP(=O)(O)OCCN.